The number of rotatable bonds is 1. The molecule has 1 aromatic rings. The Bertz CT molecular complexity index is 333. The van der Waals surface area contributed by atoms with Crippen molar-refractivity contribution in [1.29, 1.82) is 0 Å². The first-order chi connectivity index (χ1) is 6.47. The van der Waals surface area contributed by atoms with E-state index in [0.717, 1.165) is 13.0 Å². The van der Waals surface area contributed by atoms with Gasteiger partial charge in [-0.05, 0) is 17.3 Å². The smallest absolute Gasteiger partial charge is 0.300 e. The molecule has 0 heterocycles. The van der Waals surface area contributed by atoms with Crippen LogP contribution in [0.1, 0.15) is 6.92 Å². The first-order valence-corrected chi connectivity index (χ1v) is 3.52. The average Bonchev–Trinajstić information content (AvgIpc) is 2.03. The number of carbonyl (C=O) groups is 1. The molecule has 0 spiro atoms. The average molecular weight is 199 g/mol. The number of carboxylic acids is 1. The van der Waals surface area contributed by atoms with Crippen LogP contribution in [0, 0.1) is 4.91 Å². The Hall–Kier alpha value is -2.11. The molecule has 0 atom stereocenters. The van der Waals surface area contributed by atoms with E-state index in [1.165, 1.54) is 12.1 Å². The van der Waals surface area contributed by atoms with E-state index in [1.807, 2.05) is 0 Å². The summed E-state index contributed by atoms with van der Waals surface area (Å²) in [5.74, 6) is -1.24. The number of phenols is 2. The van der Waals surface area contributed by atoms with Gasteiger partial charge in [-0.3, -0.25) is 4.79 Å². The molecule has 14 heavy (non-hydrogen) atoms. The van der Waals surface area contributed by atoms with Crippen LogP contribution in [-0.2, 0) is 4.79 Å². The van der Waals surface area contributed by atoms with Gasteiger partial charge >= 0.3 is 0 Å². The van der Waals surface area contributed by atoms with Crippen LogP contribution in [0.2, 0.25) is 0 Å². The molecule has 0 unspecified atom stereocenters. The minimum Gasteiger partial charge on any atom is -0.508 e. The number of hydrogen-bond acceptors (Lipinski definition) is 5. The summed E-state index contributed by atoms with van der Waals surface area (Å²) in [7, 11) is 0. The standard InChI is InChI=1S/C6H5NO3.C2H4O2/c8-4-1-2-5(7-10)6(9)3-4;1-2(3)4/h1-3,8-9H;1H3,(H,3,4). The zero-order valence-electron chi connectivity index (χ0n) is 7.34. The Balaban J connectivity index is 0.000000364. The van der Waals surface area contributed by atoms with Crippen LogP contribution in [-0.4, -0.2) is 21.3 Å². The summed E-state index contributed by atoms with van der Waals surface area (Å²) in [6.07, 6.45) is 0. The number of carboxylic acid groups (broad SMARTS) is 1. The Labute approximate surface area is 79.4 Å². The molecule has 0 aliphatic carbocycles. The van der Waals surface area contributed by atoms with Gasteiger partial charge in [0.2, 0.25) is 0 Å². The van der Waals surface area contributed by atoms with E-state index in [2.05, 4.69) is 5.18 Å². The van der Waals surface area contributed by atoms with Crippen LogP contribution < -0.4 is 0 Å². The molecule has 6 heteroatoms. The van der Waals surface area contributed by atoms with Crippen molar-refractivity contribution in [1.82, 2.24) is 0 Å². The third kappa shape index (κ3) is 4.70. The Morgan fingerprint density at radius 2 is 1.86 bits per heavy atom. The fourth-order valence-corrected chi connectivity index (χ4v) is 0.589. The highest BCUT2D eigenvalue weighted by molar-refractivity contribution is 5.62. The molecule has 0 aliphatic rings. The number of nitrogens with zero attached hydrogens (tertiary/aromatic N) is 1. The summed E-state index contributed by atoms with van der Waals surface area (Å²) in [4.78, 5) is 18.8. The summed E-state index contributed by atoms with van der Waals surface area (Å²) < 4.78 is 0. The second kappa shape index (κ2) is 5.52. The SMILES string of the molecule is CC(=O)O.O=Nc1ccc(O)cc1O. The zero-order valence-corrected chi connectivity index (χ0v) is 7.34. The van der Waals surface area contributed by atoms with Crippen LogP contribution in [0.15, 0.2) is 23.4 Å². The van der Waals surface area contributed by atoms with Crippen LogP contribution in [0.25, 0.3) is 0 Å². The number of benzene rings is 1. The van der Waals surface area contributed by atoms with E-state index < -0.39 is 5.97 Å². The minimum absolute atomic E-state index is 0.0715. The van der Waals surface area contributed by atoms with Crippen LogP contribution in [0.5, 0.6) is 11.5 Å². The normalized spacial score (nSPS) is 8.36. The van der Waals surface area contributed by atoms with E-state index in [1.54, 1.807) is 0 Å². The zero-order chi connectivity index (χ0) is 11.1. The predicted molar refractivity (Wildman–Crippen MR) is 48.5 cm³/mol. The third-order valence-electron chi connectivity index (χ3n) is 1.06. The molecule has 0 radical (unpaired) electrons. The number of aliphatic carboxylic acids is 1. The maximum Gasteiger partial charge on any atom is 0.300 e. The summed E-state index contributed by atoms with van der Waals surface area (Å²) in [5, 5.41) is 27.5. The van der Waals surface area contributed by atoms with E-state index >= 15 is 0 Å². The lowest BCUT2D eigenvalue weighted by Crippen LogP contribution is -1.78. The van der Waals surface area contributed by atoms with Gasteiger partial charge in [0.25, 0.3) is 5.97 Å². The highest BCUT2D eigenvalue weighted by atomic mass is 16.4. The lowest BCUT2D eigenvalue weighted by Gasteiger charge is -1.94. The fraction of sp³-hybridized carbons (Fsp3) is 0.125. The van der Waals surface area contributed by atoms with E-state index in [9.17, 15) is 4.91 Å². The second-order valence-corrected chi connectivity index (χ2v) is 2.28. The Morgan fingerprint density at radius 3 is 2.21 bits per heavy atom. The van der Waals surface area contributed by atoms with Gasteiger partial charge in [-0.15, -0.1) is 4.91 Å². The van der Waals surface area contributed by atoms with Crippen molar-refractivity contribution in [2.75, 3.05) is 0 Å². The predicted octanol–water partition coefficient (Wildman–Crippen LogP) is 1.59. The van der Waals surface area contributed by atoms with Gasteiger partial charge in [-0.1, -0.05) is 0 Å². The number of aromatic hydroxyl groups is 2. The van der Waals surface area contributed by atoms with Crippen LogP contribution in [0.4, 0.5) is 5.69 Å². The summed E-state index contributed by atoms with van der Waals surface area (Å²) >= 11 is 0. The van der Waals surface area contributed by atoms with Gasteiger partial charge in [-0.2, -0.15) is 0 Å². The van der Waals surface area contributed by atoms with Crippen molar-refractivity contribution in [2.24, 2.45) is 5.18 Å². The van der Waals surface area contributed by atoms with Crippen molar-refractivity contribution in [3.05, 3.63) is 23.1 Å². The van der Waals surface area contributed by atoms with E-state index in [-0.39, 0.29) is 17.2 Å². The van der Waals surface area contributed by atoms with Gasteiger partial charge in [0, 0.05) is 13.0 Å². The quantitative estimate of drug-likeness (QED) is 0.595. The molecule has 0 amide bonds. The lowest BCUT2D eigenvalue weighted by molar-refractivity contribution is -0.134. The molecule has 0 aliphatic heterocycles. The van der Waals surface area contributed by atoms with Crippen molar-refractivity contribution in [3.63, 3.8) is 0 Å². The van der Waals surface area contributed by atoms with Gasteiger partial charge in [-0.25, -0.2) is 0 Å². The number of hydrogen-bond donors (Lipinski definition) is 3. The molecule has 1 rings (SSSR count). The van der Waals surface area contributed by atoms with Gasteiger partial charge in [0.1, 0.15) is 17.2 Å². The topological polar surface area (TPSA) is 107 Å². The summed E-state index contributed by atoms with van der Waals surface area (Å²) in [6.45, 7) is 1.08. The molecular weight excluding hydrogens is 190 g/mol. The minimum atomic E-state index is -0.833. The van der Waals surface area contributed by atoms with Crippen LogP contribution in [0.3, 0.4) is 0 Å². The monoisotopic (exact) mass is 199 g/mol. The molecule has 76 valence electrons. The highest BCUT2D eigenvalue weighted by Crippen LogP contribution is 2.28. The second-order valence-electron chi connectivity index (χ2n) is 2.28. The van der Waals surface area contributed by atoms with Crippen LogP contribution >= 0.6 is 0 Å². The molecule has 1 aromatic carbocycles. The van der Waals surface area contributed by atoms with Gasteiger partial charge < -0.3 is 15.3 Å². The summed E-state index contributed by atoms with van der Waals surface area (Å²) in [5.41, 5.74) is -0.0715. The molecule has 0 fully saturated rings. The van der Waals surface area contributed by atoms with E-state index in [0.29, 0.717) is 0 Å². The Kier molecular flexibility index (Phi) is 4.69. The molecule has 0 bridgehead atoms. The fourth-order valence-electron chi connectivity index (χ4n) is 0.589. The molecule has 0 saturated heterocycles. The molecule has 0 saturated carbocycles. The molecule has 6 nitrogen and oxygen atoms in total. The van der Waals surface area contributed by atoms with Crippen molar-refractivity contribution >= 4 is 11.7 Å². The number of nitroso groups, excluding NO2 is 1. The number of phenolic OH excluding ortho intramolecular Hbond substituents is 2. The first-order valence-electron chi connectivity index (χ1n) is 3.52. The Morgan fingerprint density at radius 1 is 1.36 bits per heavy atom. The van der Waals surface area contributed by atoms with Gasteiger partial charge in [0.15, 0.2) is 0 Å². The lowest BCUT2D eigenvalue weighted by atomic mass is 10.3. The van der Waals surface area contributed by atoms with Crippen molar-refractivity contribution in [3.8, 4) is 11.5 Å². The highest BCUT2D eigenvalue weighted by Gasteiger charge is 1.99. The summed E-state index contributed by atoms with van der Waals surface area (Å²) in [6, 6.07) is 3.56. The molecule has 3 N–H and O–H groups in total. The first kappa shape index (κ1) is 11.9. The van der Waals surface area contributed by atoms with Gasteiger partial charge in [0.05, 0.1) is 0 Å². The van der Waals surface area contributed by atoms with Crippen molar-refractivity contribution in [2.45, 2.75) is 6.92 Å². The maximum absolute atomic E-state index is 9.85. The largest absolute Gasteiger partial charge is 0.508 e. The van der Waals surface area contributed by atoms with Crippen molar-refractivity contribution < 1.29 is 20.1 Å². The maximum atomic E-state index is 9.85. The van der Waals surface area contributed by atoms with E-state index in [4.69, 9.17) is 20.1 Å². The third-order valence-corrected chi connectivity index (χ3v) is 1.06. The molecule has 0 aromatic heterocycles. The molecular formula is C8H9NO5.